The van der Waals surface area contributed by atoms with Crippen molar-refractivity contribution >= 4 is 29.3 Å². The minimum Gasteiger partial charge on any atom is -0.347 e. The smallest absolute Gasteiger partial charge is 0.246 e. The van der Waals surface area contributed by atoms with Gasteiger partial charge in [-0.1, -0.05) is 35.0 Å². The summed E-state index contributed by atoms with van der Waals surface area (Å²) in [6.07, 6.45) is 2.41. The molecule has 0 saturated carbocycles. The minimum absolute atomic E-state index is 0.119. The topological polar surface area (TPSA) is 68.0 Å². The molecule has 0 bridgehead atoms. The van der Waals surface area contributed by atoms with Gasteiger partial charge in [0.25, 0.3) is 0 Å². The van der Waals surface area contributed by atoms with Crippen LogP contribution >= 0.6 is 23.4 Å². The highest BCUT2D eigenvalue weighted by Gasteiger charge is 2.21. The summed E-state index contributed by atoms with van der Waals surface area (Å²) < 4.78 is 5.23. The van der Waals surface area contributed by atoms with Crippen LogP contribution in [0.5, 0.6) is 0 Å². The number of rotatable bonds is 5. The molecule has 3 rings (SSSR count). The molecule has 1 aromatic carbocycles. The average molecular weight is 352 g/mol. The Morgan fingerprint density at radius 3 is 2.91 bits per heavy atom. The summed E-state index contributed by atoms with van der Waals surface area (Å²) in [7, 11) is 0. The molecular formula is C16H18ClN3O2S. The third-order valence-electron chi connectivity index (χ3n) is 3.82. The van der Waals surface area contributed by atoms with Crippen LogP contribution in [0.2, 0.25) is 5.02 Å². The number of amides is 1. The standard InChI is InChI=1S/C16H18ClN3O2S/c17-13-4-2-1-3-12(13)9-14(21)18-10-15-19-16(20-22-15)11-5-7-23-8-6-11/h1-4,11H,5-10H2,(H,18,21). The number of benzene rings is 1. The second-order valence-electron chi connectivity index (χ2n) is 5.48. The van der Waals surface area contributed by atoms with E-state index in [1.165, 1.54) is 0 Å². The lowest BCUT2D eigenvalue weighted by atomic mass is 10.0. The number of halogens is 1. The summed E-state index contributed by atoms with van der Waals surface area (Å²) in [5, 5.41) is 7.44. The largest absolute Gasteiger partial charge is 0.347 e. The van der Waals surface area contributed by atoms with Gasteiger partial charge in [0.2, 0.25) is 11.8 Å². The molecule has 1 saturated heterocycles. The van der Waals surface area contributed by atoms with Crippen LogP contribution in [0.4, 0.5) is 0 Å². The summed E-state index contributed by atoms with van der Waals surface area (Å²) in [5.74, 6) is 3.76. The first-order chi connectivity index (χ1) is 11.2. The predicted molar refractivity (Wildman–Crippen MR) is 90.6 cm³/mol. The first kappa shape index (κ1) is 16.3. The summed E-state index contributed by atoms with van der Waals surface area (Å²) in [6.45, 7) is 0.248. The Labute approximate surface area is 144 Å². The average Bonchev–Trinajstić information content (AvgIpc) is 3.05. The Balaban J connectivity index is 1.51. The van der Waals surface area contributed by atoms with Crippen molar-refractivity contribution in [3.8, 4) is 0 Å². The van der Waals surface area contributed by atoms with Gasteiger partial charge in [0.15, 0.2) is 5.82 Å². The maximum Gasteiger partial charge on any atom is 0.246 e. The summed E-state index contributed by atoms with van der Waals surface area (Å²) in [6, 6.07) is 7.32. The number of nitrogens with one attached hydrogen (secondary N) is 1. The number of carbonyl (C=O) groups excluding carboxylic acids is 1. The zero-order chi connectivity index (χ0) is 16.1. The second kappa shape index (κ2) is 7.84. The molecule has 2 aromatic rings. The first-order valence-electron chi connectivity index (χ1n) is 7.62. The van der Waals surface area contributed by atoms with Gasteiger partial charge in [-0.3, -0.25) is 4.79 Å². The van der Waals surface area contributed by atoms with E-state index in [0.29, 0.717) is 16.8 Å². The maximum atomic E-state index is 12.0. The molecule has 1 aliphatic rings. The normalized spacial score (nSPS) is 15.5. The lowest BCUT2D eigenvalue weighted by molar-refractivity contribution is -0.120. The zero-order valence-electron chi connectivity index (χ0n) is 12.6. The van der Waals surface area contributed by atoms with Crippen LogP contribution in [0.15, 0.2) is 28.8 Å². The Kier molecular flexibility index (Phi) is 5.56. The molecular weight excluding hydrogens is 334 g/mol. The number of hydrogen-bond acceptors (Lipinski definition) is 5. The van der Waals surface area contributed by atoms with E-state index in [1.807, 2.05) is 30.0 Å². The SMILES string of the molecule is O=C(Cc1ccccc1Cl)NCc1nc(C2CCSCC2)no1. The van der Waals surface area contributed by atoms with Crippen LogP contribution in [0.25, 0.3) is 0 Å². The highest BCUT2D eigenvalue weighted by molar-refractivity contribution is 7.99. The van der Waals surface area contributed by atoms with Crippen LogP contribution in [0.1, 0.15) is 36.0 Å². The van der Waals surface area contributed by atoms with Gasteiger partial charge < -0.3 is 9.84 Å². The first-order valence-corrected chi connectivity index (χ1v) is 9.16. The highest BCUT2D eigenvalue weighted by atomic mass is 35.5. The molecule has 0 spiro atoms. The van der Waals surface area contributed by atoms with Crippen molar-refractivity contribution < 1.29 is 9.32 Å². The minimum atomic E-state index is -0.119. The summed E-state index contributed by atoms with van der Waals surface area (Å²) >= 11 is 8.01. The maximum absolute atomic E-state index is 12.0. The van der Waals surface area contributed by atoms with Crippen LogP contribution in [0.3, 0.4) is 0 Å². The molecule has 0 unspecified atom stereocenters. The van der Waals surface area contributed by atoms with E-state index < -0.39 is 0 Å². The quantitative estimate of drug-likeness (QED) is 0.896. The van der Waals surface area contributed by atoms with Crippen molar-refractivity contribution in [2.45, 2.75) is 31.7 Å². The number of thioether (sulfide) groups is 1. The predicted octanol–water partition coefficient (Wildman–Crippen LogP) is 3.19. The molecule has 0 aliphatic carbocycles. The molecule has 2 heterocycles. The van der Waals surface area contributed by atoms with Gasteiger partial charge in [-0.05, 0) is 36.0 Å². The fourth-order valence-corrected chi connectivity index (χ4v) is 3.82. The molecule has 1 aliphatic heterocycles. The highest BCUT2D eigenvalue weighted by Crippen LogP contribution is 2.29. The van der Waals surface area contributed by atoms with E-state index in [2.05, 4.69) is 15.5 Å². The van der Waals surface area contributed by atoms with Crippen LogP contribution in [0, 0.1) is 0 Å². The lowest BCUT2D eigenvalue weighted by Gasteiger charge is -2.17. The van der Waals surface area contributed by atoms with Gasteiger partial charge in [-0.15, -0.1) is 0 Å². The molecule has 23 heavy (non-hydrogen) atoms. The second-order valence-corrected chi connectivity index (χ2v) is 7.11. The van der Waals surface area contributed by atoms with Crippen LogP contribution < -0.4 is 5.32 Å². The van der Waals surface area contributed by atoms with Crippen molar-refractivity contribution in [1.29, 1.82) is 0 Å². The van der Waals surface area contributed by atoms with Crippen LogP contribution in [-0.4, -0.2) is 27.6 Å². The van der Waals surface area contributed by atoms with Gasteiger partial charge in [0, 0.05) is 10.9 Å². The Bertz CT molecular complexity index is 671. The Morgan fingerprint density at radius 2 is 2.13 bits per heavy atom. The number of aromatic nitrogens is 2. The Hall–Kier alpha value is -1.53. The lowest BCUT2D eigenvalue weighted by Crippen LogP contribution is -2.24. The van der Waals surface area contributed by atoms with Gasteiger partial charge in [0.1, 0.15) is 0 Å². The summed E-state index contributed by atoms with van der Waals surface area (Å²) in [4.78, 5) is 16.4. The van der Waals surface area contributed by atoms with Gasteiger partial charge >= 0.3 is 0 Å². The van der Waals surface area contributed by atoms with E-state index in [-0.39, 0.29) is 18.9 Å². The van der Waals surface area contributed by atoms with Gasteiger partial charge in [0.05, 0.1) is 13.0 Å². The number of hydrogen-bond donors (Lipinski definition) is 1. The van der Waals surface area contributed by atoms with E-state index in [4.69, 9.17) is 16.1 Å². The Morgan fingerprint density at radius 1 is 1.35 bits per heavy atom. The van der Waals surface area contributed by atoms with Crippen molar-refractivity contribution in [3.05, 3.63) is 46.6 Å². The van der Waals surface area contributed by atoms with Crippen molar-refractivity contribution in [2.75, 3.05) is 11.5 Å². The fraction of sp³-hybridized carbons (Fsp3) is 0.438. The fourth-order valence-electron chi connectivity index (χ4n) is 2.51. The third kappa shape index (κ3) is 4.48. The van der Waals surface area contributed by atoms with Gasteiger partial charge in [-0.25, -0.2) is 0 Å². The van der Waals surface area contributed by atoms with E-state index in [9.17, 15) is 4.79 Å². The molecule has 7 heteroatoms. The third-order valence-corrected chi connectivity index (χ3v) is 5.23. The van der Waals surface area contributed by atoms with Crippen molar-refractivity contribution in [3.63, 3.8) is 0 Å². The molecule has 1 N–H and O–H groups in total. The molecule has 0 radical (unpaired) electrons. The van der Waals surface area contributed by atoms with E-state index in [0.717, 1.165) is 35.7 Å². The summed E-state index contributed by atoms with van der Waals surface area (Å²) in [5.41, 5.74) is 0.803. The molecule has 0 atom stereocenters. The molecule has 1 aromatic heterocycles. The number of carbonyl (C=O) groups is 1. The monoisotopic (exact) mass is 351 g/mol. The zero-order valence-corrected chi connectivity index (χ0v) is 14.2. The van der Waals surface area contributed by atoms with Crippen LogP contribution in [-0.2, 0) is 17.8 Å². The number of nitrogens with zero attached hydrogens (tertiary/aromatic N) is 2. The molecule has 1 fully saturated rings. The van der Waals surface area contributed by atoms with E-state index >= 15 is 0 Å². The van der Waals surface area contributed by atoms with Crippen molar-refractivity contribution in [2.24, 2.45) is 0 Å². The molecule has 1 amide bonds. The molecule has 122 valence electrons. The van der Waals surface area contributed by atoms with Gasteiger partial charge in [-0.2, -0.15) is 16.7 Å². The van der Waals surface area contributed by atoms with E-state index in [1.54, 1.807) is 6.07 Å². The van der Waals surface area contributed by atoms with Crippen molar-refractivity contribution in [1.82, 2.24) is 15.5 Å². The molecule has 5 nitrogen and oxygen atoms in total.